The van der Waals surface area contributed by atoms with Gasteiger partial charge in [0.05, 0.1) is 11.1 Å². The lowest BCUT2D eigenvalue weighted by Gasteiger charge is -2.22. The van der Waals surface area contributed by atoms with Crippen LogP contribution < -0.4 is 5.32 Å². The summed E-state index contributed by atoms with van der Waals surface area (Å²) in [5, 5.41) is 2.51. The first-order valence-electron chi connectivity index (χ1n) is 5.20. The maximum atomic E-state index is 12.8. The van der Waals surface area contributed by atoms with Crippen LogP contribution >= 0.6 is 15.9 Å². The van der Waals surface area contributed by atoms with Crippen molar-refractivity contribution in [3.63, 3.8) is 0 Å². The number of carbonyl (C=O) groups excluding carboxylic acids is 1. The molecule has 1 aromatic rings. The van der Waals surface area contributed by atoms with Crippen molar-refractivity contribution in [2.45, 2.75) is 32.5 Å². The fraction of sp³-hybridized carbons (Fsp3) is 0.417. The van der Waals surface area contributed by atoms with Crippen molar-refractivity contribution in [2.24, 2.45) is 0 Å². The van der Waals surface area contributed by atoms with E-state index in [0.29, 0.717) is 0 Å². The van der Waals surface area contributed by atoms with Crippen LogP contribution in [0.1, 0.15) is 36.7 Å². The SMILES string of the molecule is CC(C)(C)NC(=O)c1ccc(Br)cc1C(F)(F)F. The summed E-state index contributed by atoms with van der Waals surface area (Å²) in [6.45, 7) is 5.12. The molecule has 0 saturated heterocycles. The number of benzene rings is 1. The van der Waals surface area contributed by atoms with Gasteiger partial charge in [0.25, 0.3) is 5.91 Å². The molecule has 0 aliphatic heterocycles. The summed E-state index contributed by atoms with van der Waals surface area (Å²) in [6, 6.07) is 3.47. The first kappa shape index (κ1) is 15.0. The molecule has 1 N–H and O–H groups in total. The van der Waals surface area contributed by atoms with Crippen LogP contribution in [0, 0.1) is 0 Å². The van der Waals surface area contributed by atoms with Gasteiger partial charge in [-0.25, -0.2) is 0 Å². The van der Waals surface area contributed by atoms with E-state index in [1.165, 1.54) is 6.07 Å². The molecule has 2 nitrogen and oxygen atoms in total. The molecule has 1 rings (SSSR count). The molecule has 0 bridgehead atoms. The average Bonchev–Trinajstić information content (AvgIpc) is 2.13. The lowest BCUT2D eigenvalue weighted by Crippen LogP contribution is -2.41. The number of alkyl halides is 3. The molecule has 0 aromatic heterocycles. The summed E-state index contributed by atoms with van der Waals surface area (Å²) < 4.78 is 38.7. The predicted molar refractivity (Wildman–Crippen MR) is 66.4 cm³/mol. The molecule has 0 heterocycles. The normalized spacial score (nSPS) is 12.4. The Hall–Kier alpha value is -1.04. The molecule has 0 atom stereocenters. The van der Waals surface area contributed by atoms with E-state index < -0.39 is 23.2 Å². The van der Waals surface area contributed by atoms with Gasteiger partial charge in [-0.1, -0.05) is 15.9 Å². The summed E-state index contributed by atoms with van der Waals surface area (Å²) in [7, 11) is 0. The van der Waals surface area contributed by atoms with E-state index in [1.54, 1.807) is 20.8 Å². The Kier molecular flexibility index (Phi) is 4.10. The minimum absolute atomic E-state index is 0.280. The number of amides is 1. The fourth-order valence-corrected chi connectivity index (χ4v) is 1.72. The zero-order chi connectivity index (χ0) is 14.1. The maximum Gasteiger partial charge on any atom is 0.417 e. The van der Waals surface area contributed by atoms with E-state index >= 15 is 0 Å². The topological polar surface area (TPSA) is 29.1 Å². The molecule has 0 radical (unpaired) electrons. The zero-order valence-electron chi connectivity index (χ0n) is 10.2. The quantitative estimate of drug-likeness (QED) is 0.831. The second-order valence-electron chi connectivity index (χ2n) is 4.89. The zero-order valence-corrected chi connectivity index (χ0v) is 11.7. The number of carbonyl (C=O) groups is 1. The van der Waals surface area contributed by atoms with E-state index in [4.69, 9.17) is 0 Å². The third-order valence-electron chi connectivity index (χ3n) is 2.02. The van der Waals surface area contributed by atoms with Crippen LogP contribution in [0.3, 0.4) is 0 Å². The van der Waals surface area contributed by atoms with Crippen LogP contribution in [0.2, 0.25) is 0 Å². The Labute approximate surface area is 112 Å². The van der Waals surface area contributed by atoms with E-state index in [1.807, 2.05) is 0 Å². The molecular weight excluding hydrogens is 311 g/mol. The fourth-order valence-electron chi connectivity index (χ4n) is 1.36. The molecule has 1 amide bonds. The van der Waals surface area contributed by atoms with Crippen LogP contribution in [-0.2, 0) is 6.18 Å². The monoisotopic (exact) mass is 323 g/mol. The lowest BCUT2D eigenvalue weighted by molar-refractivity contribution is -0.138. The van der Waals surface area contributed by atoms with Crippen LogP contribution in [0.4, 0.5) is 13.2 Å². The highest BCUT2D eigenvalue weighted by Gasteiger charge is 2.35. The summed E-state index contributed by atoms with van der Waals surface area (Å²) >= 11 is 2.97. The number of hydrogen-bond donors (Lipinski definition) is 1. The summed E-state index contributed by atoms with van der Waals surface area (Å²) in [6.07, 6.45) is -4.56. The van der Waals surface area contributed by atoms with E-state index in [9.17, 15) is 18.0 Å². The van der Waals surface area contributed by atoms with Crippen LogP contribution in [0.25, 0.3) is 0 Å². The van der Waals surface area contributed by atoms with E-state index in [-0.39, 0.29) is 10.0 Å². The Morgan fingerprint density at radius 2 is 1.78 bits per heavy atom. The van der Waals surface area contributed by atoms with Crippen molar-refractivity contribution < 1.29 is 18.0 Å². The van der Waals surface area contributed by atoms with Gasteiger partial charge in [0.1, 0.15) is 0 Å². The van der Waals surface area contributed by atoms with Crippen molar-refractivity contribution in [1.29, 1.82) is 0 Å². The summed E-state index contributed by atoms with van der Waals surface area (Å²) in [4.78, 5) is 11.8. The lowest BCUT2D eigenvalue weighted by atomic mass is 10.0. The third-order valence-corrected chi connectivity index (χ3v) is 2.51. The Morgan fingerprint density at radius 3 is 2.22 bits per heavy atom. The van der Waals surface area contributed by atoms with Gasteiger partial charge in [-0.3, -0.25) is 4.79 Å². The van der Waals surface area contributed by atoms with E-state index in [0.717, 1.165) is 12.1 Å². The van der Waals surface area contributed by atoms with Gasteiger partial charge >= 0.3 is 6.18 Å². The first-order chi connectivity index (χ1) is 8.00. The molecule has 18 heavy (non-hydrogen) atoms. The molecule has 1 aromatic carbocycles. The van der Waals surface area contributed by atoms with Crippen molar-refractivity contribution in [1.82, 2.24) is 5.32 Å². The van der Waals surface area contributed by atoms with Gasteiger partial charge in [-0.2, -0.15) is 13.2 Å². The largest absolute Gasteiger partial charge is 0.417 e. The minimum atomic E-state index is -4.56. The Bertz CT molecular complexity index is 463. The smallest absolute Gasteiger partial charge is 0.347 e. The predicted octanol–water partition coefficient (Wildman–Crippen LogP) is 4.00. The highest BCUT2D eigenvalue weighted by molar-refractivity contribution is 9.10. The third kappa shape index (κ3) is 4.01. The average molecular weight is 324 g/mol. The molecule has 0 spiro atoms. The standard InChI is InChI=1S/C12H13BrF3NO/c1-11(2,3)17-10(18)8-5-4-7(13)6-9(8)12(14,15)16/h4-6H,1-3H3,(H,17,18). The summed E-state index contributed by atoms with van der Waals surface area (Å²) in [5.41, 5.74) is -1.91. The molecule has 6 heteroatoms. The molecular formula is C12H13BrF3NO. The molecule has 100 valence electrons. The van der Waals surface area contributed by atoms with Gasteiger partial charge in [-0.15, -0.1) is 0 Å². The number of nitrogens with one attached hydrogen (secondary N) is 1. The second-order valence-corrected chi connectivity index (χ2v) is 5.81. The first-order valence-corrected chi connectivity index (χ1v) is 5.99. The molecule has 0 aliphatic rings. The van der Waals surface area contributed by atoms with Gasteiger partial charge < -0.3 is 5.32 Å². The highest BCUT2D eigenvalue weighted by atomic mass is 79.9. The van der Waals surface area contributed by atoms with Crippen LogP contribution in [0.5, 0.6) is 0 Å². The second kappa shape index (κ2) is 4.91. The van der Waals surface area contributed by atoms with Crippen molar-refractivity contribution in [3.8, 4) is 0 Å². The molecule has 0 saturated carbocycles. The highest BCUT2D eigenvalue weighted by Crippen LogP contribution is 2.34. The van der Waals surface area contributed by atoms with Gasteiger partial charge in [-0.05, 0) is 39.0 Å². The Balaban J connectivity index is 3.21. The Morgan fingerprint density at radius 1 is 1.22 bits per heavy atom. The van der Waals surface area contributed by atoms with Gasteiger partial charge in [0.15, 0.2) is 0 Å². The number of halogens is 4. The maximum absolute atomic E-state index is 12.8. The summed E-state index contributed by atoms with van der Waals surface area (Å²) in [5.74, 6) is -0.734. The van der Waals surface area contributed by atoms with E-state index in [2.05, 4.69) is 21.2 Å². The van der Waals surface area contributed by atoms with Crippen molar-refractivity contribution in [3.05, 3.63) is 33.8 Å². The van der Waals surface area contributed by atoms with Gasteiger partial charge in [0, 0.05) is 10.0 Å². The molecule has 0 aliphatic carbocycles. The van der Waals surface area contributed by atoms with Crippen molar-refractivity contribution in [2.75, 3.05) is 0 Å². The molecule has 0 unspecified atom stereocenters. The van der Waals surface area contributed by atoms with Crippen molar-refractivity contribution >= 4 is 21.8 Å². The number of hydrogen-bond acceptors (Lipinski definition) is 1. The van der Waals surface area contributed by atoms with Gasteiger partial charge in [0.2, 0.25) is 0 Å². The van der Waals surface area contributed by atoms with Crippen LogP contribution in [0.15, 0.2) is 22.7 Å². The minimum Gasteiger partial charge on any atom is -0.347 e. The van der Waals surface area contributed by atoms with Crippen LogP contribution in [-0.4, -0.2) is 11.4 Å². The molecule has 0 fully saturated rings. The number of rotatable bonds is 1.